The van der Waals surface area contributed by atoms with Crippen LogP contribution < -0.4 is 21.0 Å². The van der Waals surface area contributed by atoms with Crippen molar-refractivity contribution in [3.63, 3.8) is 0 Å². The van der Waals surface area contributed by atoms with Gasteiger partial charge in [0.25, 0.3) is 11.8 Å². The third kappa shape index (κ3) is 4.68. The molecule has 0 aliphatic heterocycles. The van der Waals surface area contributed by atoms with Crippen LogP contribution >= 0.6 is 0 Å². The number of carbonyl (C=O) groups is 2. The van der Waals surface area contributed by atoms with Crippen LogP contribution in [0.15, 0.2) is 75.9 Å². The van der Waals surface area contributed by atoms with Crippen LogP contribution in [0.5, 0.6) is 5.75 Å². The van der Waals surface area contributed by atoms with Gasteiger partial charge in [0, 0.05) is 11.1 Å². The second-order valence-electron chi connectivity index (χ2n) is 7.99. The van der Waals surface area contributed by atoms with Gasteiger partial charge in [-0.2, -0.15) is 0 Å². The molecule has 7 heteroatoms. The second-order valence-corrected chi connectivity index (χ2v) is 7.99. The summed E-state index contributed by atoms with van der Waals surface area (Å²) in [5, 5.41) is 0.286. The predicted octanol–water partition coefficient (Wildman–Crippen LogP) is 4.23. The van der Waals surface area contributed by atoms with E-state index in [9.17, 15) is 14.4 Å². The van der Waals surface area contributed by atoms with Gasteiger partial charge < -0.3 is 9.15 Å². The van der Waals surface area contributed by atoms with Gasteiger partial charge in [0.2, 0.25) is 0 Å². The fourth-order valence-corrected chi connectivity index (χ4v) is 3.59. The largest absolute Gasteiger partial charge is 0.483 e. The van der Waals surface area contributed by atoms with E-state index in [1.165, 1.54) is 6.07 Å². The number of aryl methyl sites for hydroxylation is 2. The summed E-state index contributed by atoms with van der Waals surface area (Å²) in [6, 6.07) is 19.6. The Morgan fingerprint density at radius 3 is 2.44 bits per heavy atom. The van der Waals surface area contributed by atoms with Gasteiger partial charge in [0.15, 0.2) is 17.6 Å². The number of nitrogens with one attached hydrogen (secondary N) is 2. The SMILES string of the molecule is Cc1ccc(C)c(OCC(=O)NNC(=O)c2cccc3c(=O)c(C)c(-c4ccccc4)oc23)c1. The van der Waals surface area contributed by atoms with Crippen molar-refractivity contribution in [2.75, 3.05) is 6.61 Å². The molecule has 0 bridgehead atoms. The number of fused-ring (bicyclic) bond motifs is 1. The monoisotopic (exact) mass is 456 g/mol. The predicted molar refractivity (Wildman–Crippen MR) is 130 cm³/mol. The molecule has 7 nitrogen and oxygen atoms in total. The van der Waals surface area contributed by atoms with E-state index < -0.39 is 11.8 Å². The standard InChI is InChI=1S/C27H24N2O5/c1-16-12-13-17(2)22(14-16)33-15-23(30)28-29-27(32)21-11-7-10-20-24(31)18(3)25(34-26(20)21)19-8-5-4-6-9-19/h4-14H,15H2,1-3H3,(H,28,30)(H,29,32). The molecule has 0 saturated carbocycles. The zero-order valence-corrected chi connectivity index (χ0v) is 19.1. The van der Waals surface area contributed by atoms with E-state index in [1.807, 2.05) is 62.4 Å². The van der Waals surface area contributed by atoms with Gasteiger partial charge in [-0.15, -0.1) is 0 Å². The molecule has 0 aliphatic carbocycles. The minimum absolute atomic E-state index is 0.127. The first-order chi connectivity index (χ1) is 16.3. The Kier molecular flexibility index (Phi) is 6.45. The highest BCUT2D eigenvalue weighted by Crippen LogP contribution is 2.27. The molecular formula is C27H24N2O5. The van der Waals surface area contributed by atoms with Crippen molar-refractivity contribution in [2.45, 2.75) is 20.8 Å². The Morgan fingerprint density at radius 2 is 1.68 bits per heavy atom. The summed E-state index contributed by atoms with van der Waals surface area (Å²) in [5.41, 5.74) is 7.85. The molecule has 0 spiro atoms. The smallest absolute Gasteiger partial charge is 0.276 e. The van der Waals surface area contributed by atoms with E-state index in [1.54, 1.807) is 19.1 Å². The first-order valence-corrected chi connectivity index (χ1v) is 10.8. The number of para-hydroxylation sites is 1. The lowest BCUT2D eigenvalue weighted by Gasteiger charge is -2.12. The van der Waals surface area contributed by atoms with E-state index in [-0.39, 0.29) is 28.6 Å². The molecule has 0 radical (unpaired) electrons. The number of hydrogen-bond donors (Lipinski definition) is 2. The quantitative estimate of drug-likeness (QED) is 0.438. The summed E-state index contributed by atoms with van der Waals surface area (Å²) in [7, 11) is 0. The van der Waals surface area contributed by atoms with Crippen molar-refractivity contribution in [2.24, 2.45) is 0 Å². The molecule has 0 fully saturated rings. The third-order valence-electron chi connectivity index (χ3n) is 5.44. The fraction of sp³-hybridized carbons (Fsp3) is 0.148. The summed E-state index contributed by atoms with van der Waals surface area (Å²) >= 11 is 0. The fourth-order valence-electron chi connectivity index (χ4n) is 3.59. The summed E-state index contributed by atoms with van der Waals surface area (Å²) in [6.45, 7) is 5.23. The molecular weight excluding hydrogens is 432 g/mol. The average Bonchev–Trinajstić information content (AvgIpc) is 2.85. The Hall–Kier alpha value is -4.39. The number of benzene rings is 3. The van der Waals surface area contributed by atoms with Gasteiger partial charge in [-0.3, -0.25) is 25.2 Å². The van der Waals surface area contributed by atoms with Gasteiger partial charge >= 0.3 is 0 Å². The van der Waals surface area contributed by atoms with Crippen molar-refractivity contribution in [3.8, 4) is 17.1 Å². The molecule has 1 aromatic heterocycles. The first kappa shape index (κ1) is 22.8. The van der Waals surface area contributed by atoms with Crippen LogP contribution in [0.4, 0.5) is 0 Å². The molecule has 1 heterocycles. The normalized spacial score (nSPS) is 10.7. The minimum atomic E-state index is -0.614. The molecule has 2 N–H and O–H groups in total. The number of ether oxygens (including phenoxy) is 1. The van der Waals surface area contributed by atoms with Crippen LogP contribution in [-0.2, 0) is 4.79 Å². The lowest BCUT2D eigenvalue weighted by Crippen LogP contribution is -2.44. The summed E-state index contributed by atoms with van der Waals surface area (Å²) in [4.78, 5) is 38.0. The van der Waals surface area contributed by atoms with E-state index in [0.29, 0.717) is 17.1 Å². The van der Waals surface area contributed by atoms with Crippen molar-refractivity contribution in [1.82, 2.24) is 10.9 Å². The molecule has 3 aromatic carbocycles. The van der Waals surface area contributed by atoms with Gasteiger partial charge in [-0.1, -0.05) is 48.5 Å². The van der Waals surface area contributed by atoms with E-state index in [0.717, 1.165) is 16.7 Å². The topological polar surface area (TPSA) is 97.6 Å². The molecule has 4 rings (SSSR count). The molecule has 0 unspecified atom stereocenters. The molecule has 34 heavy (non-hydrogen) atoms. The van der Waals surface area contributed by atoms with Crippen LogP contribution in [-0.4, -0.2) is 18.4 Å². The summed E-state index contributed by atoms with van der Waals surface area (Å²) in [5.74, 6) is -0.154. The van der Waals surface area contributed by atoms with Crippen LogP contribution in [0.3, 0.4) is 0 Å². The van der Waals surface area contributed by atoms with E-state index in [2.05, 4.69) is 10.9 Å². The molecule has 2 amide bonds. The number of rotatable bonds is 5. The third-order valence-corrected chi connectivity index (χ3v) is 5.44. The van der Waals surface area contributed by atoms with Crippen LogP contribution in [0.2, 0.25) is 0 Å². The molecule has 172 valence electrons. The highest BCUT2D eigenvalue weighted by Gasteiger charge is 2.19. The molecule has 0 saturated heterocycles. The maximum absolute atomic E-state index is 13.0. The Morgan fingerprint density at radius 1 is 0.912 bits per heavy atom. The maximum Gasteiger partial charge on any atom is 0.276 e. The minimum Gasteiger partial charge on any atom is -0.483 e. The van der Waals surface area contributed by atoms with Crippen LogP contribution in [0.25, 0.3) is 22.3 Å². The molecule has 0 atom stereocenters. The number of carbonyl (C=O) groups excluding carboxylic acids is 2. The zero-order valence-electron chi connectivity index (χ0n) is 19.1. The number of hydrogen-bond acceptors (Lipinski definition) is 5. The van der Waals surface area contributed by atoms with Gasteiger partial charge in [0.1, 0.15) is 11.5 Å². The van der Waals surface area contributed by atoms with E-state index >= 15 is 0 Å². The average molecular weight is 456 g/mol. The van der Waals surface area contributed by atoms with Gasteiger partial charge in [0.05, 0.1) is 10.9 Å². The van der Waals surface area contributed by atoms with Crippen LogP contribution in [0.1, 0.15) is 27.0 Å². The maximum atomic E-state index is 13.0. The lowest BCUT2D eigenvalue weighted by atomic mass is 10.0. The van der Waals surface area contributed by atoms with Crippen molar-refractivity contribution in [3.05, 3.63) is 99.2 Å². The highest BCUT2D eigenvalue weighted by atomic mass is 16.5. The Labute approximate surface area is 196 Å². The highest BCUT2D eigenvalue weighted by molar-refractivity contribution is 6.05. The zero-order chi connectivity index (χ0) is 24.2. The van der Waals surface area contributed by atoms with Crippen molar-refractivity contribution in [1.29, 1.82) is 0 Å². The van der Waals surface area contributed by atoms with Crippen molar-refractivity contribution < 1.29 is 18.7 Å². The summed E-state index contributed by atoms with van der Waals surface area (Å²) in [6.07, 6.45) is 0. The van der Waals surface area contributed by atoms with E-state index in [4.69, 9.17) is 9.15 Å². The van der Waals surface area contributed by atoms with Gasteiger partial charge in [-0.25, -0.2) is 0 Å². The van der Waals surface area contributed by atoms with Crippen molar-refractivity contribution >= 4 is 22.8 Å². The Bertz CT molecular complexity index is 1440. The molecule has 0 aliphatic rings. The van der Waals surface area contributed by atoms with Crippen LogP contribution in [0, 0.1) is 20.8 Å². The number of hydrazine groups is 1. The Balaban J connectivity index is 1.53. The molecule has 4 aromatic rings. The first-order valence-electron chi connectivity index (χ1n) is 10.8. The lowest BCUT2D eigenvalue weighted by molar-refractivity contribution is -0.123. The van der Waals surface area contributed by atoms with Gasteiger partial charge in [-0.05, 0) is 50.1 Å². The second kappa shape index (κ2) is 9.62. The summed E-state index contributed by atoms with van der Waals surface area (Å²) < 4.78 is 11.6. The number of amides is 2.